The molecule has 0 radical (unpaired) electrons. The molecule has 7 atom stereocenters. The van der Waals surface area contributed by atoms with Gasteiger partial charge in [0.1, 0.15) is 0 Å². The molecular weight excluding hydrogens is 228 g/mol. The second-order valence-electron chi connectivity index (χ2n) is 6.67. The van der Waals surface area contributed by atoms with Crippen LogP contribution in [0.2, 0.25) is 0 Å². The first-order valence-electron chi connectivity index (χ1n) is 7.17. The number of hydrogen-bond acceptors (Lipinski definition) is 3. The fourth-order valence-electron chi connectivity index (χ4n) is 4.68. The van der Waals surface area contributed by atoms with Crippen LogP contribution < -0.4 is 0 Å². The second kappa shape index (κ2) is 4.06. The van der Waals surface area contributed by atoms with Crippen molar-refractivity contribution in [2.75, 3.05) is 0 Å². The summed E-state index contributed by atoms with van der Waals surface area (Å²) in [4.78, 5) is 0. The lowest BCUT2D eigenvalue weighted by atomic mass is 9.52. The average Bonchev–Trinajstić information content (AvgIpc) is 2.58. The molecule has 102 valence electrons. The molecule has 2 aliphatic carbocycles. The summed E-state index contributed by atoms with van der Waals surface area (Å²) in [5, 5.41) is 19.9. The fourth-order valence-corrected chi connectivity index (χ4v) is 4.68. The Bertz CT molecular complexity index is 378. The van der Waals surface area contributed by atoms with Gasteiger partial charge >= 0.3 is 0 Å². The van der Waals surface area contributed by atoms with E-state index in [0.717, 1.165) is 19.3 Å². The van der Waals surface area contributed by atoms with E-state index in [-0.39, 0.29) is 23.5 Å². The van der Waals surface area contributed by atoms with Gasteiger partial charge in [-0.15, -0.1) is 0 Å². The maximum atomic E-state index is 9.98. The van der Waals surface area contributed by atoms with Gasteiger partial charge in [0.25, 0.3) is 0 Å². The largest absolute Gasteiger partial charge is 0.389 e. The quantitative estimate of drug-likeness (QED) is 0.649. The van der Waals surface area contributed by atoms with Crippen molar-refractivity contribution in [3.8, 4) is 0 Å². The first-order chi connectivity index (χ1) is 8.44. The number of allylic oxidation sites excluding steroid dienone is 1. The minimum atomic E-state index is -0.616. The molecule has 2 fully saturated rings. The molecule has 3 nitrogen and oxygen atoms in total. The predicted molar refractivity (Wildman–Crippen MR) is 68.7 cm³/mol. The van der Waals surface area contributed by atoms with Crippen molar-refractivity contribution in [2.24, 2.45) is 23.2 Å². The van der Waals surface area contributed by atoms with Crippen LogP contribution in [-0.4, -0.2) is 28.7 Å². The highest BCUT2D eigenvalue weighted by Crippen LogP contribution is 2.59. The molecule has 0 spiro atoms. The summed E-state index contributed by atoms with van der Waals surface area (Å²) in [6.07, 6.45) is 4.15. The van der Waals surface area contributed by atoms with Crippen LogP contribution in [0, 0.1) is 23.2 Å². The summed E-state index contributed by atoms with van der Waals surface area (Å²) >= 11 is 0. The summed E-state index contributed by atoms with van der Waals surface area (Å²) in [5.74, 6) is 1.01. The maximum Gasteiger partial charge on any atom is 0.157 e. The molecule has 0 aromatic carbocycles. The standard InChI is InChI=1S/C15H24O3/c1-8-6-11(16)7-10-4-5-12-13(15(8,10)3)9(2)14(17)18-12/h7-9,11-14,16-17H,4-6H2,1-3H3/t8-,9-,11-,12-,13-,14-,15+/m0/s1. The lowest BCUT2D eigenvalue weighted by Crippen LogP contribution is -2.48. The van der Waals surface area contributed by atoms with E-state index >= 15 is 0 Å². The zero-order chi connectivity index (χ0) is 13.1. The van der Waals surface area contributed by atoms with E-state index in [9.17, 15) is 10.2 Å². The average molecular weight is 252 g/mol. The highest BCUT2D eigenvalue weighted by atomic mass is 16.6. The van der Waals surface area contributed by atoms with Gasteiger partial charge in [-0.1, -0.05) is 32.4 Å². The Morgan fingerprint density at radius 1 is 1.33 bits per heavy atom. The predicted octanol–water partition coefficient (Wildman–Crippen LogP) is 2.08. The van der Waals surface area contributed by atoms with Gasteiger partial charge < -0.3 is 14.9 Å². The van der Waals surface area contributed by atoms with Crippen LogP contribution in [0.3, 0.4) is 0 Å². The molecule has 3 rings (SSSR count). The van der Waals surface area contributed by atoms with Gasteiger partial charge in [0.15, 0.2) is 6.29 Å². The van der Waals surface area contributed by atoms with E-state index in [1.54, 1.807) is 0 Å². The highest BCUT2D eigenvalue weighted by molar-refractivity contribution is 5.26. The van der Waals surface area contributed by atoms with Crippen molar-refractivity contribution in [2.45, 2.75) is 58.5 Å². The third-order valence-electron chi connectivity index (χ3n) is 5.83. The van der Waals surface area contributed by atoms with E-state index < -0.39 is 6.29 Å². The molecule has 0 aromatic heterocycles. The van der Waals surface area contributed by atoms with E-state index in [2.05, 4.69) is 26.8 Å². The topological polar surface area (TPSA) is 49.7 Å². The minimum Gasteiger partial charge on any atom is -0.389 e. The normalized spacial score (nSPS) is 55.7. The molecule has 0 aromatic rings. The number of aliphatic hydroxyl groups excluding tert-OH is 2. The van der Waals surface area contributed by atoms with Crippen LogP contribution in [0.25, 0.3) is 0 Å². The highest BCUT2D eigenvalue weighted by Gasteiger charge is 2.57. The van der Waals surface area contributed by atoms with Gasteiger partial charge in [0.2, 0.25) is 0 Å². The van der Waals surface area contributed by atoms with Gasteiger partial charge in [-0.25, -0.2) is 0 Å². The zero-order valence-corrected chi connectivity index (χ0v) is 11.5. The van der Waals surface area contributed by atoms with Crippen molar-refractivity contribution < 1.29 is 14.9 Å². The Morgan fingerprint density at radius 2 is 2.06 bits per heavy atom. The number of aliphatic hydroxyl groups is 2. The van der Waals surface area contributed by atoms with Gasteiger partial charge in [0, 0.05) is 11.8 Å². The maximum absolute atomic E-state index is 9.98. The Balaban J connectivity index is 2.02. The van der Waals surface area contributed by atoms with Gasteiger partial charge in [-0.2, -0.15) is 0 Å². The van der Waals surface area contributed by atoms with Crippen molar-refractivity contribution >= 4 is 0 Å². The van der Waals surface area contributed by atoms with Crippen LogP contribution in [0.15, 0.2) is 11.6 Å². The van der Waals surface area contributed by atoms with Gasteiger partial charge in [0.05, 0.1) is 12.2 Å². The molecule has 3 aliphatic rings. The van der Waals surface area contributed by atoms with Crippen LogP contribution in [-0.2, 0) is 4.74 Å². The molecular formula is C15H24O3. The van der Waals surface area contributed by atoms with Crippen molar-refractivity contribution in [1.82, 2.24) is 0 Å². The summed E-state index contributed by atoms with van der Waals surface area (Å²) in [6, 6.07) is 0. The Labute approximate surface area is 109 Å². The van der Waals surface area contributed by atoms with Crippen LogP contribution in [0.4, 0.5) is 0 Å². The van der Waals surface area contributed by atoms with E-state index in [0.29, 0.717) is 11.8 Å². The molecule has 1 aliphatic heterocycles. The molecule has 0 amide bonds. The van der Waals surface area contributed by atoms with Crippen molar-refractivity contribution in [3.05, 3.63) is 11.6 Å². The van der Waals surface area contributed by atoms with Crippen LogP contribution in [0.5, 0.6) is 0 Å². The Morgan fingerprint density at radius 3 is 2.78 bits per heavy atom. The lowest BCUT2D eigenvalue weighted by Gasteiger charge is -2.52. The number of rotatable bonds is 0. The fraction of sp³-hybridized carbons (Fsp3) is 0.867. The lowest BCUT2D eigenvalue weighted by molar-refractivity contribution is -0.110. The molecule has 3 heteroatoms. The Hall–Kier alpha value is -0.380. The van der Waals surface area contributed by atoms with Crippen LogP contribution in [0.1, 0.15) is 40.0 Å². The van der Waals surface area contributed by atoms with E-state index in [4.69, 9.17) is 4.74 Å². The molecule has 1 heterocycles. The molecule has 0 bridgehead atoms. The zero-order valence-electron chi connectivity index (χ0n) is 11.5. The third kappa shape index (κ3) is 1.54. The third-order valence-corrected chi connectivity index (χ3v) is 5.83. The SMILES string of the molecule is C[C@H]1[C@H]2[C@H](CCC3=C[C@@H](O)C[C@H](C)[C@]32C)O[C@@H]1O. The molecule has 2 N–H and O–H groups in total. The first-order valence-corrected chi connectivity index (χ1v) is 7.17. The molecule has 1 saturated carbocycles. The summed E-state index contributed by atoms with van der Waals surface area (Å²) in [5.41, 5.74) is 1.47. The van der Waals surface area contributed by atoms with E-state index in [1.807, 2.05) is 0 Å². The molecule has 1 saturated heterocycles. The van der Waals surface area contributed by atoms with Crippen molar-refractivity contribution in [1.29, 1.82) is 0 Å². The van der Waals surface area contributed by atoms with Gasteiger partial charge in [-0.05, 0) is 30.6 Å². The summed E-state index contributed by atoms with van der Waals surface area (Å²) < 4.78 is 5.73. The number of fused-ring (bicyclic) bond motifs is 3. The summed E-state index contributed by atoms with van der Waals surface area (Å²) in [6.45, 7) is 6.64. The second-order valence-corrected chi connectivity index (χ2v) is 6.67. The van der Waals surface area contributed by atoms with Crippen LogP contribution >= 0.6 is 0 Å². The minimum absolute atomic E-state index is 0.0824. The number of hydrogen-bond donors (Lipinski definition) is 2. The monoisotopic (exact) mass is 252 g/mol. The van der Waals surface area contributed by atoms with Crippen molar-refractivity contribution in [3.63, 3.8) is 0 Å². The summed E-state index contributed by atoms with van der Waals surface area (Å²) in [7, 11) is 0. The molecule has 18 heavy (non-hydrogen) atoms. The first kappa shape index (κ1) is 12.6. The molecule has 0 unspecified atom stereocenters. The van der Waals surface area contributed by atoms with Gasteiger partial charge in [-0.3, -0.25) is 0 Å². The smallest absolute Gasteiger partial charge is 0.157 e. The number of ether oxygens (including phenoxy) is 1. The van der Waals surface area contributed by atoms with E-state index in [1.165, 1.54) is 5.57 Å². The Kier molecular flexibility index (Phi) is 2.85.